The summed E-state index contributed by atoms with van der Waals surface area (Å²) in [5.41, 5.74) is 0. The molecule has 0 amide bonds. The van der Waals surface area contributed by atoms with Crippen molar-refractivity contribution in [2.45, 2.75) is 17.9 Å². The molecule has 0 bridgehead atoms. The summed E-state index contributed by atoms with van der Waals surface area (Å²) in [6.07, 6.45) is 0. The minimum Gasteiger partial charge on any atom is -0.312 e. The highest BCUT2D eigenvalue weighted by Gasteiger charge is 2.19. The van der Waals surface area contributed by atoms with Crippen molar-refractivity contribution in [1.29, 1.82) is 0 Å². The number of hydrogen-bond acceptors (Lipinski definition) is 4. The van der Waals surface area contributed by atoms with E-state index in [2.05, 4.69) is 17.1 Å². The van der Waals surface area contributed by atoms with Crippen molar-refractivity contribution in [2.24, 2.45) is 0 Å². The second-order valence-electron chi connectivity index (χ2n) is 4.93. The summed E-state index contributed by atoms with van der Waals surface area (Å²) in [5, 5.41) is 3.89. The fourth-order valence-corrected chi connectivity index (χ4v) is 3.64. The SMILES string of the molecule is C[C@H]1CN(CCS(=O)(=O)c2ccc(Cl)cc2)CCN1. The number of nitrogens with one attached hydrogen (secondary N) is 1. The molecule has 6 heteroatoms. The molecule has 1 atom stereocenters. The molecule has 1 saturated heterocycles. The van der Waals surface area contributed by atoms with E-state index >= 15 is 0 Å². The predicted molar refractivity (Wildman–Crippen MR) is 77.4 cm³/mol. The molecule has 1 heterocycles. The van der Waals surface area contributed by atoms with Gasteiger partial charge in [0.25, 0.3) is 0 Å². The summed E-state index contributed by atoms with van der Waals surface area (Å²) in [6, 6.07) is 6.78. The van der Waals surface area contributed by atoms with Crippen molar-refractivity contribution in [2.75, 3.05) is 31.9 Å². The van der Waals surface area contributed by atoms with E-state index in [9.17, 15) is 8.42 Å². The van der Waals surface area contributed by atoms with Gasteiger partial charge in [-0.3, -0.25) is 4.90 Å². The van der Waals surface area contributed by atoms with Gasteiger partial charge in [0.1, 0.15) is 0 Å². The summed E-state index contributed by atoms with van der Waals surface area (Å²) < 4.78 is 24.4. The number of sulfone groups is 1. The lowest BCUT2D eigenvalue weighted by molar-refractivity contribution is 0.217. The maximum absolute atomic E-state index is 12.2. The third kappa shape index (κ3) is 4.18. The van der Waals surface area contributed by atoms with Crippen molar-refractivity contribution < 1.29 is 8.42 Å². The van der Waals surface area contributed by atoms with Crippen molar-refractivity contribution >= 4 is 21.4 Å². The molecule has 0 radical (unpaired) electrons. The first-order valence-electron chi connectivity index (χ1n) is 6.41. The molecule has 0 saturated carbocycles. The molecule has 0 aliphatic carbocycles. The molecule has 0 unspecified atom stereocenters. The van der Waals surface area contributed by atoms with Crippen molar-refractivity contribution in [3.8, 4) is 0 Å². The molecule has 0 spiro atoms. The molecule has 4 nitrogen and oxygen atoms in total. The summed E-state index contributed by atoms with van der Waals surface area (Å²) in [4.78, 5) is 2.54. The quantitative estimate of drug-likeness (QED) is 0.913. The van der Waals surface area contributed by atoms with Gasteiger partial charge < -0.3 is 5.32 Å². The van der Waals surface area contributed by atoms with Gasteiger partial charge in [-0.1, -0.05) is 11.6 Å². The standard InChI is InChI=1S/C13H19ClN2O2S/c1-11-10-16(7-6-15-11)8-9-19(17,18)13-4-2-12(14)3-5-13/h2-5,11,15H,6-10H2,1H3/t11-/m0/s1. The van der Waals surface area contributed by atoms with Crippen molar-refractivity contribution in [3.63, 3.8) is 0 Å². The van der Waals surface area contributed by atoms with Gasteiger partial charge in [0.15, 0.2) is 9.84 Å². The third-order valence-corrected chi connectivity index (χ3v) is 5.26. The van der Waals surface area contributed by atoms with Crippen LogP contribution in [0.15, 0.2) is 29.2 Å². The van der Waals surface area contributed by atoms with E-state index in [1.54, 1.807) is 24.3 Å². The second kappa shape index (κ2) is 6.22. The molecule has 1 aliphatic heterocycles. The fourth-order valence-electron chi connectivity index (χ4n) is 2.22. The molecular formula is C13H19ClN2O2S. The van der Waals surface area contributed by atoms with Crippen LogP contribution in [0.5, 0.6) is 0 Å². The minimum atomic E-state index is -3.21. The lowest BCUT2D eigenvalue weighted by atomic mass is 10.2. The van der Waals surface area contributed by atoms with Gasteiger partial charge >= 0.3 is 0 Å². The van der Waals surface area contributed by atoms with E-state index in [1.165, 1.54) is 0 Å². The van der Waals surface area contributed by atoms with E-state index in [0.717, 1.165) is 19.6 Å². The van der Waals surface area contributed by atoms with E-state index in [-0.39, 0.29) is 5.75 Å². The predicted octanol–water partition coefficient (Wildman–Crippen LogP) is 1.41. The molecule has 2 rings (SSSR count). The number of rotatable bonds is 4. The highest BCUT2D eigenvalue weighted by atomic mass is 35.5. The third-order valence-electron chi connectivity index (χ3n) is 3.30. The fraction of sp³-hybridized carbons (Fsp3) is 0.538. The van der Waals surface area contributed by atoms with Crippen molar-refractivity contribution in [1.82, 2.24) is 10.2 Å². The number of halogens is 1. The maximum Gasteiger partial charge on any atom is 0.179 e. The zero-order chi connectivity index (χ0) is 13.9. The van der Waals surface area contributed by atoms with Gasteiger partial charge in [-0.2, -0.15) is 0 Å². The van der Waals surface area contributed by atoms with Crippen LogP contribution in [0.3, 0.4) is 0 Å². The van der Waals surface area contributed by atoms with E-state index in [0.29, 0.717) is 22.5 Å². The minimum absolute atomic E-state index is 0.154. The van der Waals surface area contributed by atoms with Crippen LogP contribution in [0, 0.1) is 0 Å². The monoisotopic (exact) mass is 302 g/mol. The number of piperazine rings is 1. The van der Waals surface area contributed by atoms with Crippen molar-refractivity contribution in [3.05, 3.63) is 29.3 Å². The zero-order valence-electron chi connectivity index (χ0n) is 11.0. The maximum atomic E-state index is 12.2. The molecule has 1 fully saturated rings. The first-order valence-corrected chi connectivity index (χ1v) is 8.44. The highest BCUT2D eigenvalue weighted by Crippen LogP contribution is 2.15. The summed E-state index contributed by atoms with van der Waals surface area (Å²) in [6.45, 7) is 5.41. The van der Waals surface area contributed by atoms with E-state index in [4.69, 9.17) is 11.6 Å². The van der Waals surface area contributed by atoms with Gasteiger partial charge in [0.2, 0.25) is 0 Å². The normalized spacial score (nSPS) is 21.5. The average Bonchev–Trinajstić information content (AvgIpc) is 2.37. The molecule has 1 N–H and O–H groups in total. The summed E-state index contributed by atoms with van der Waals surface area (Å²) in [7, 11) is -3.21. The van der Waals surface area contributed by atoms with Crippen LogP contribution < -0.4 is 5.32 Å². The lowest BCUT2D eigenvalue weighted by Crippen LogP contribution is -2.50. The Morgan fingerprint density at radius 2 is 2.05 bits per heavy atom. The molecular weight excluding hydrogens is 284 g/mol. The van der Waals surface area contributed by atoms with Crippen LogP contribution in [-0.2, 0) is 9.84 Å². The highest BCUT2D eigenvalue weighted by molar-refractivity contribution is 7.91. The van der Waals surface area contributed by atoms with Gasteiger partial charge in [-0.25, -0.2) is 8.42 Å². The zero-order valence-corrected chi connectivity index (χ0v) is 12.5. The number of nitrogens with zero attached hydrogens (tertiary/aromatic N) is 1. The molecule has 106 valence electrons. The van der Waals surface area contributed by atoms with Crippen LogP contribution in [0.25, 0.3) is 0 Å². The molecule has 1 aromatic carbocycles. The topological polar surface area (TPSA) is 49.4 Å². The van der Waals surface area contributed by atoms with Gasteiger partial charge in [-0.05, 0) is 31.2 Å². The smallest absolute Gasteiger partial charge is 0.179 e. The lowest BCUT2D eigenvalue weighted by Gasteiger charge is -2.31. The van der Waals surface area contributed by atoms with Crippen LogP contribution in [0.4, 0.5) is 0 Å². The molecule has 1 aromatic rings. The van der Waals surface area contributed by atoms with E-state index in [1.807, 2.05) is 0 Å². The first kappa shape index (κ1) is 14.8. The van der Waals surface area contributed by atoms with Gasteiger partial charge in [0.05, 0.1) is 10.6 Å². The van der Waals surface area contributed by atoms with Gasteiger partial charge in [-0.15, -0.1) is 0 Å². The Hall–Kier alpha value is -0.620. The summed E-state index contributed by atoms with van der Waals surface area (Å²) >= 11 is 5.77. The Labute approximate surface area is 119 Å². The van der Waals surface area contributed by atoms with Crippen LogP contribution in [0.1, 0.15) is 6.92 Å². The number of benzene rings is 1. The van der Waals surface area contributed by atoms with E-state index < -0.39 is 9.84 Å². The second-order valence-corrected chi connectivity index (χ2v) is 7.47. The Bertz CT molecular complexity index is 516. The summed E-state index contributed by atoms with van der Waals surface area (Å²) in [5.74, 6) is 0.154. The van der Waals surface area contributed by atoms with Gasteiger partial charge in [0, 0.05) is 37.2 Å². The average molecular weight is 303 g/mol. The Morgan fingerprint density at radius 1 is 1.37 bits per heavy atom. The van der Waals surface area contributed by atoms with Crippen LogP contribution in [-0.4, -0.2) is 51.3 Å². The molecule has 19 heavy (non-hydrogen) atoms. The Kier molecular flexibility index (Phi) is 4.84. The first-order chi connectivity index (χ1) is 8.97. The van der Waals surface area contributed by atoms with Crippen LogP contribution in [0.2, 0.25) is 5.02 Å². The Morgan fingerprint density at radius 3 is 2.68 bits per heavy atom. The largest absolute Gasteiger partial charge is 0.312 e. The molecule has 0 aromatic heterocycles. The van der Waals surface area contributed by atoms with Crippen LogP contribution >= 0.6 is 11.6 Å². The number of hydrogen-bond donors (Lipinski definition) is 1. The molecule has 1 aliphatic rings. The Balaban J connectivity index is 1.96.